The van der Waals surface area contributed by atoms with E-state index in [2.05, 4.69) is 5.32 Å². The first-order valence-electron chi connectivity index (χ1n) is 6.05. The number of anilines is 1. The highest BCUT2D eigenvalue weighted by Gasteiger charge is 2.14. The summed E-state index contributed by atoms with van der Waals surface area (Å²) >= 11 is 5.85. The van der Waals surface area contributed by atoms with E-state index < -0.39 is 11.7 Å². The van der Waals surface area contributed by atoms with Gasteiger partial charge in [-0.1, -0.05) is 23.7 Å². The molecule has 0 atom stereocenters. The summed E-state index contributed by atoms with van der Waals surface area (Å²) in [6.45, 7) is 1.84. The number of rotatable bonds is 3. The maximum Gasteiger partial charge on any atom is 0.254 e. The smallest absolute Gasteiger partial charge is 0.254 e. The van der Waals surface area contributed by atoms with Crippen LogP contribution in [-0.4, -0.2) is 5.91 Å². The van der Waals surface area contributed by atoms with E-state index in [4.69, 9.17) is 17.3 Å². The lowest BCUT2D eigenvalue weighted by atomic mass is 10.1. The number of hydrogen-bond acceptors (Lipinski definition) is 2. The van der Waals surface area contributed by atoms with Crippen molar-refractivity contribution in [2.24, 2.45) is 0 Å². The molecule has 0 radical (unpaired) electrons. The van der Waals surface area contributed by atoms with Crippen LogP contribution in [0.1, 0.15) is 21.5 Å². The first kappa shape index (κ1) is 14.3. The van der Waals surface area contributed by atoms with Gasteiger partial charge in [-0.25, -0.2) is 4.39 Å². The summed E-state index contributed by atoms with van der Waals surface area (Å²) in [6.07, 6.45) is 0. The summed E-state index contributed by atoms with van der Waals surface area (Å²) in [7, 11) is 0. The van der Waals surface area contributed by atoms with Crippen molar-refractivity contribution in [2.45, 2.75) is 13.5 Å². The van der Waals surface area contributed by atoms with Gasteiger partial charge < -0.3 is 11.1 Å². The highest BCUT2D eigenvalue weighted by molar-refractivity contribution is 6.30. The average molecular weight is 293 g/mol. The zero-order chi connectivity index (χ0) is 14.7. The first-order chi connectivity index (χ1) is 9.47. The van der Waals surface area contributed by atoms with E-state index in [1.54, 1.807) is 25.1 Å². The molecule has 3 nitrogen and oxygen atoms in total. The van der Waals surface area contributed by atoms with E-state index in [1.165, 1.54) is 12.1 Å². The predicted octanol–water partition coefficient (Wildman–Crippen LogP) is 3.30. The number of benzene rings is 2. The van der Waals surface area contributed by atoms with E-state index in [0.29, 0.717) is 16.3 Å². The zero-order valence-corrected chi connectivity index (χ0v) is 11.7. The molecule has 0 saturated carbocycles. The minimum absolute atomic E-state index is 0.0514. The third-order valence-electron chi connectivity index (χ3n) is 2.86. The van der Waals surface area contributed by atoms with Gasteiger partial charge in [0.25, 0.3) is 5.91 Å². The second-order valence-electron chi connectivity index (χ2n) is 4.51. The summed E-state index contributed by atoms with van der Waals surface area (Å²) in [5.41, 5.74) is 7.12. The fraction of sp³-hybridized carbons (Fsp3) is 0.133. The molecule has 2 aromatic carbocycles. The molecule has 0 aliphatic carbocycles. The number of nitrogens with two attached hydrogens (primary N) is 1. The van der Waals surface area contributed by atoms with Crippen molar-refractivity contribution < 1.29 is 9.18 Å². The van der Waals surface area contributed by atoms with Crippen molar-refractivity contribution in [3.63, 3.8) is 0 Å². The molecule has 1 amide bonds. The van der Waals surface area contributed by atoms with Gasteiger partial charge in [-0.05, 0) is 42.3 Å². The Morgan fingerprint density at radius 2 is 2.10 bits per heavy atom. The largest absolute Gasteiger partial charge is 0.399 e. The third-order valence-corrected chi connectivity index (χ3v) is 3.10. The Morgan fingerprint density at radius 1 is 1.35 bits per heavy atom. The lowest BCUT2D eigenvalue weighted by molar-refractivity contribution is 0.0946. The average Bonchev–Trinajstić information content (AvgIpc) is 2.40. The van der Waals surface area contributed by atoms with Crippen LogP contribution in [0.5, 0.6) is 0 Å². The normalized spacial score (nSPS) is 10.3. The van der Waals surface area contributed by atoms with Gasteiger partial charge in [-0.3, -0.25) is 4.79 Å². The van der Waals surface area contributed by atoms with Crippen LogP contribution in [0.3, 0.4) is 0 Å². The molecular weight excluding hydrogens is 279 g/mol. The number of hydrogen-bond donors (Lipinski definition) is 2. The van der Waals surface area contributed by atoms with E-state index >= 15 is 0 Å². The van der Waals surface area contributed by atoms with Gasteiger partial charge in [0.2, 0.25) is 0 Å². The topological polar surface area (TPSA) is 55.1 Å². The van der Waals surface area contributed by atoms with Gasteiger partial charge >= 0.3 is 0 Å². The van der Waals surface area contributed by atoms with E-state index in [-0.39, 0.29) is 12.1 Å². The number of aryl methyl sites for hydroxylation is 1. The Kier molecular flexibility index (Phi) is 4.25. The Hall–Kier alpha value is -2.07. The Labute approximate surface area is 121 Å². The van der Waals surface area contributed by atoms with Crippen LogP contribution < -0.4 is 11.1 Å². The number of carbonyl (C=O) groups excluding carboxylic acids is 1. The van der Waals surface area contributed by atoms with Crippen LogP contribution in [0.25, 0.3) is 0 Å². The van der Waals surface area contributed by atoms with Gasteiger partial charge in [-0.2, -0.15) is 0 Å². The molecular formula is C15H14ClFN2O. The van der Waals surface area contributed by atoms with Crippen molar-refractivity contribution in [1.82, 2.24) is 5.32 Å². The maximum absolute atomic E-state index is 13.9. The van der Waals surface area contributed by atoms with Crippen LogP contribution in [0.4, 0.5) is 10.1 Å². The van der Waals surface area contributed by atoms with Crippen LogP contribution in [0.15, 0.2) is 36.4 Å². The van der Waals surface area contributed by atoms with Crippen molar-refractivity contribution in [2.75, 3.05) is 5.73 Å². The second-order valence-corrected chi connectivity index (χ2v) is 4.95. The van der Waals surface area contributed by atoms with Gasteiger partial charge in [0, 0.05) is 17.3 Å². The summed E-state index contributed by atoms with van der Waals surface area (Å²) in [5.74, 6) is -1.05. The molecule has 0 aliphatic rings. The van der Waals surface area contributed by atoms with Crippen molar-refractivity contribution in [1.29, 1.82) is 0 Å². The maximum atomic E-state index is 13.9. The van der Waals surface area contributed by atoms with E-state index in [1.807, 2.05) is 6.07 Å². The number of amides is 1. The monoisotopic (exact) mass is 292 g/mol. The quantitative estimate of drug-likeness (QED) is 0.853. The highest BCUT2D eigenvalue weighted by Crippen LogP contribution is 2.17. The van der Waals surface area contributed by atoms with Crippen LogP contribution in [0.2, 0.25) is 5.02 Å². The van der Waals surface area contributed by atoms with E-state index in [9.17, 15) is 9.18 Å². The van der Waals surface area contributed by atoms with Gasteiger partial charge in [0.15, 0.2) is 0 Å². The number of halogens is 2. The molecule has 0 heterocycles. The van der Waals surface area contributed by atoms with E-state index in [0.717, 1.165) is 5.56 Å². The Balaban J connectivity index is 2.13. The van der Waals surface area contributed by atoms with Gasteiger partial charge in [0.05, 0.1) is 5.56 Å². The highest BCUT2D eigenvalue weighted by atomic mass is 35.5. The number of nitrogen functional groups attached to an aromatic ring is 1. The molecule has 3 N–H and O–H groups in total. The summed E-state index contributed by atoms with van der Waals surface area (Å²) in [4.78, 5) is 12.0. The molecule has 0 spiro atoms. The SMILES string of the molecule is Cc1cc(N)cc(C(=O)NCc2cccc(Cl)c2)c1F. The molecule has 104 valence electrons. The Bertz CT molecular complexity index is 658. The standard InChI is InChI=1S/C15H14ClFN2O/c1-9-5-12(18)7-13(14(9)17)15(20)19-8-10-3-2-4-11(16)6-10/h2-7H,8,18H2,1H3,(H,19,20). The van der Waals surface area contributed by atoms with Crippen molar-refractivity contribution >= 4 is 23.2 Å². The summed E-state index contributed by atoms with van der Waals surface area (Å²) < 4.78 is 13.9. The first-order valence-corrected chi connectivity index (χ1v) is 6.43. The van der Waals surface area contributed by atoms with Crippen LogP contribution in [-0.2, 0) is 6.54 Å². The molecule has 0 bridgehead atoms. The predicted molar refractivity (Wildman–Crippen MR) is 78.2 cm³/mol. The molecule has 0 unspecified atom stereocenters. The van der Waals surface area contributed by atoms with Crippen molar-refractivity contribution in [3.05, 3.63) is 63.9 Å². The molecule has 0 aromatic heterocycles. The lowest BCUT2D eigenvalue weighted by Crippen LogP contribution is -2.24. The molecule has 0 aliphatic heterocycles. The summed E-state index contributed by atoms with van der Waals surface area (Å²) in [5, 5.41) is 3.23. The minimum atomic E-state index is -0.553. The van der Waals surface area contributed by atoms with Gasteiger partial charge in [0.1, 0.15) is 5.82 Å². The fourth-order valence-corrected chi connectivity index (χ4v) is 2.10. The molecule has 2 rings (SSSR count). The zero-order valence-electron chi connectivity index (χ0n) is 10.9. The molecule has 2 aromatic rings. The van der Waals surface area contributed by atoms with Crippen molar-refractivity contribution in [3.8, 4) is 0 Å². The van der Waals surface area contributed by atoms with Gasteiger partial charge in [-0.15, -0.1) is 0 Å². The molecule has 20 heavy (non-hydrogen) atoms. The minimum Gasteiger partial charge on any atom is -0.399 e. The third kappa shape index (κ3) is 3.27. The van der Waals surface area contributed by atoms with Crippen LogP contribution >= 0.6 is 11.6 Å². The number of nitrogens with one attached hydrogen (secondary N) is 1. The molecule has 0 fully saturated rings. The molecule has 0 saturated heterocycles. The molecule has 5 heteroatoms. The lowest BCUT2D eigenvalue weighted by Gasteiger charge is -2.09. The summed E-state index contributed by atoms with van der Waals surface area (Å²) in [6, 6.07) is 9.91. The fourth-order valence-electron chi connectivity index (χ4n) is 1.89. The van der Waals surface area contributed by atoms with Crippen LogP contribution in [0, 0.1) is 12.7 Å². The second kappa shape index (κ2) is 5.92. The Morgan fingerprint density at radius 3 is 2.80 bits per heavy atom. The number of carbonyl (C=O) groups is 1.